The molecule has 0 saturated carbocycles. The molecule has 0 bridgehead atoms. The molecule has 3 nitrogen and oxygen atoms in total. The van der Waals surface area contributed by atoms with Crippen molar-refractivity contribution in [2.45, 2.75) is 0 Å². The Bertz CT molecular complexity index is 35.4. The van der Waals surface area contributed by atoms with E-state index in [1.807, 2.05) is 0 Å². The Morgan fingerprint density at radius 3 is 0.846 bits per heavy atom. The van der Waals surface area contributed by atoms with Crippen LogP contribution < -0.4 is 0 Å². The summed E-state index contributed by atoms with van der Waals surface area (Å²) in [6.07, 6.45) is 0. The summed E-state index contributed by atoms with van der Waals surface area (Å²) < 4.78 is 8.17. The van der Waals surface area contributed by atoms with Gasteiger partial charge in [-0.1, -0.05) is 0 Å². The monoisotopic (exact) mass is 1030 g/mol. The molecule has 0 fully saturated rings. The van der Waals surface area contributed by atoms with Gasteiger partial charge in [0.2, 0.25) is 0 Å². The second-order valence-electron chi connectivity index (χ2n) is 0. The summed E-state index contributed by atoms with van der Waals surface area (Å²) in [7, 11) is 0. The molecule has 0 heterocycles. The van der Waals surface area contributed by atoms with Crippen molar-refractivity contribution in [2.75, 3.05) is 0 Å². The maximum Gasteiger partial charge on any atom is 1.00 e. The zero-order valence-corrected chi connectivity index (χ0v) is 21.0. The Morgan fingerprint density at radius 1 is 0.846 bits per heavy atom. The third kappa shape index (κ3) is 144. The molecule has 0 aliphatic rings. The third-order valence-electron chi connectivity index (χ3n) is 0. The summed E-state index contributed by atoms with van der Waals surface area (Å²) in [6, 6.07) is 0. The number of hydrogen-bond acceptors (Lipinski definition) is 1. The first-order chi connectivity index (χ1) is 1.00. The van der Waals surface area contributed by atoms with E-state index in [-0.39, 0.29) is 176 Å². The summed E-state index contributed by atoms with van der Waals surface area (Å²) in [5.41, 5.74) is 0. The molecule has 0 spiro atoms. The van der Waals surface area contributed by atoms with Gasteiger partial charge in [-0.05, 0) is 0 Å². The van der Waals surface area contributed by atoms with E-state index in [0.717, 1.165) is 0 Å². The Hall–Kier alpha value is 5.32. The predicted octanol–water partition coefficient (Wildman–Crippen LogP) is -2.10. The summed E-state index contributed by atoms with van der Waals surface area (Å²) in [4.78, 5) is 0. The van der Waals surface area contributed by atoms with Crippen LogP contribution >= 0.6 is 0 Å². The summed E-state index contributed by atoms with van der Waals surface area (Å²) in [6.45, 7) is 0. The molecule has 0 aromatic rings. The molecule has 0 amide bonds. The normalized spacial score (nSPS) is 0.231. The maximum atomic E-state index is 8.17. The maximum absolute atomic E-state index is 8.17. The topological polar surface area (TPSA) is 80.1 Å². The molecule has 0 unspecified atom stereocenters. The van der Waals surface area contributed by atoms with Crippen LogP contribution in [0.5, 0.6) is 0 Å². The molecule has 0 aliphatic heterocycles. The van der Waals surface area contributed by atoms with Gasteiger partial charge in [-0.15, -0.1) is 0 Å². The van der Waals surface area contributed by atoms with Crippen LogP contribution in [-0.2, 0) is 144 Å². The van der Waals surface area contributed by atoms with E-state index in [2.05, 4.69) is 0 Å². The third-order valence-corrected chi connectivity index (χ3v) is 0. The van der Waals surface area contributed by atoms with Crippen molar-refractivity contribution in [3.8, 4) is 0 Å². The quantitative estimate of drug-likeness (QED) is 0.203. The smallest absolute Gasteiger partial charge is 0 e. The first kappa shape index (κ1) is 138. The molecular formula is CH7Al2O3PdPt2Rh2Ru2. The molecule has 13 heavy (non-hydrogen) atoms. The van der Waals surface area contributed by atoms with E-state index >= 15 is 0 Å². The van der Waals surface area contributed by atoms with Crippen molar-refractivity contribution < 1.29 is 155 Å². The zero-order chi connectivity index (χ0) is 2.00. The van der Waals surface area contributed by atoms with E-state index in [9.17, 15) is 0 Å². The molecule has 4 N–H and O–H groups in total. The minimum atomic E-state index is 0. The van der Waals surface area contributed by atoms with Gasteiger partial charge in [0.05, 0.1) is 0 Å². The summed E-state index contributed by atoms with van der Waals surface area (Å²) >= 11 is 1.17. The molecule has 99 valence electrons. The van der Waals surface area contributed by atoms with Crippen molar-refractivity contribution in [3.05, 3.63) is 7.43 Å². The van der Waals surface area contributed by atoms with Gasteiger partial charge in [0.15, 0.2) is 0 Å². The van der Waals surface area contributed by atoms with E-state index in [0.29, 0.717) is 0 Å². The fraction of sp³-hybridized carbons (Fsp3) is 0. The van der Waals surface area contributed by atoms with Gasteiger partial charge in [-0.3, -0.25) is 0 Å². The van der Waals surface area contributed by atoms with Gasteiger partial charge in [-0.2, -0.15) is 0 Å². The van der Waals surface area contributed by atoms with Crippen LogP contribution in [-0.4, -0.2) is 44.5 Å². The van der Waals surface area contributed by atoms with Crippen molar-refractivity contribution in [3.63, 3.8) is 0 Å². The first-order valence-corrected chi connectivity index (χ1v) is 0.707. The molecule has 0 atom stereocenters. The fourth-order valence-corrected chi connectivity index (χ4v) is 0. The van der Waals surface area contributed by atoms with E-state index in [4.69, 9.17) is 3.80 Å². The van der Waals surface area contributed by atoms with Crippen LogP contribution in [0.3, 0.4) is 0 Å². The largest absolute Gasteiger partial charge is 1.00 e. The average Bonchev–Trinajstić information content (AvgIpc) is 1.00. The van der Waals surface area contributed by atoms with Crippen molar-refractivity contribution in [1.82, 2.24) is 0 Å². The standard InChI is InChI=1S/CH3.2Al.2H2O.O.Pd.2Pt.2Rh.2Ru/h1H3;;;2*1H2;;;;;;;;/q-1;;;;;;;;;;;;+1. The number of hydrogen-bond donors (Lipinski definition) is 0. The van der Waals surface area contributed by atoms with Crippen LogP contribution in [0.15, 0.2) is 0 Å². The van der Waals surface area contributed by atoms with Crippen molar-refractivity contribution in [2.24, 2.45) is 0 Å². The Balaban J connectivity index is -0.0000000000909. The van der Waals surface area contributed by atoms with Gasteiger partial charge in [0, 0.05) is 138 Å². The minimum Gasteiger partial charge on any atom is 0 e. The Labute approximate surface area is 192 Å². The van der Waals surface area contributed by atoms with Gasteiger partial charge < -0.3 is 18.4 Å². The average molecular weight is 1030 g/mol. The predicted molar refractivity (Wildman–Crippen MR) is 25.8 cm³/mol. The van der Waals surface area contributed by atoms with Crippen LogP contribution in [0, 0.1) is 7.43 Å². The molecule has 0 aromatic carbocycles. The van der Waals surface area contributed by atoms with Crippen LogP contribution in [0.25, 0.3) is 0 Å². The number of rotatable bonds is 0. The SMILES string of the molecule is O.O.[Al].[CH3-].[O]=[Al].[Pd].[Pt].[Pt].[Rh].[Rh].[Ru+].[Ru]. The van der Waals surface area contributed by atoms with Gasteiger partial charge in [0.1, 0.15) is 0 Å². The zero-order valence-electron chi connectivity index (χ0n) is 5.89. The molecule has 7 radical (unpaired) electrons. The van der Waals surface area contributed by atoms with E-state index < -0.39 is 0 Å². The van der Waals surface area contributed by atoms with Crippen LogP contribution in [0.1, 0.15) is 0 Å². The Kier molecular flexibility index (Phi) is 1730. The second kappa shape index (κ2) is 163. The molecule has 12 heteroatoms. The summed E-state index contributed by atoms with van der Waals surface area (Å²) in [5, 5.41) is 0. The van der Waals surface area contributed by atoms with Crippen molar-refractivity contribution >= 4 is 33.6 Å². The minimum absolute atomic E-state index is 0. The second-order valence-corrected chi connectivity index (χ2v) is 0. The molecular weight excluding hydrogens is 1020 g/mol. The van der Waals surface area contributed by atoms with Crippen LogP contribution in [0.2, 0.25) is 0 Å². The fourth-order valence-electron chi connectivity index (χ4n) is 0. The Morgan fingerprint density at radius 2 is 0.846 bits per heavy atom. The van der Waals surface area contributed by atoms with Gasteiger partial charge in [-0.25, -0.2) is 0 Å². The van der Waals surface area contributed by atoms with Gasteiger partial charge >= 0.3 is 39.5 Å². The van der Waals surface area contributed by atoms with E-state index in [1.165, 1.54) is 16.2 Å². The molecule has 0 rings (SSSR count). The molecule has 0 aliphatic carbocycles. The molecule has 0 saturated heterocycles. The summed E-state index contributed by atoms with van der Waals surface area (Å²) in [5.74, 6) is 0. The van der Waals surface area contributed by atoms with Crippen molar-refractivity contribution in [1.29, 1.82) is 0 Å². The van der Waals surface area contributed by atoms with Gasteiger partial charge in [0.25, 0.3) is 0 Å². The first-order valence-electron chi connectivity index (χ1n) is 0.236. The van der Waals surface area contributed by atoms with E-state index in [1.54, 1.807) is 0 Å². The molecule has 0 aromatic heterocycles. The van der Waals surface area contributed by atoms with Crippen LogP contribution in [0.4, 0.5) is 0 Å².